The number of allylic oxidation sites excluding steroid dienone is 3. The van der Waals surface area contributed by atoms with Gasteiger partial charge < -0.3 is 19.9 Å². The molecule has 2 aliphatic rings. The fraction of sp³-hybridized carbons (Fsp3) is 0.385. The molecule has 2 heterocycles. The van der Waals surface area contributed by atoms with Crippen LogP contribution >= 0.6 is 11.3 Å². The Morgan fingerprint density at radius 2 is 2.08 bits per heavy atom. The molecule has 2 atom stereocenters. The molecule has 2 aromatic rings. The van der Waals surface area contributed by atoms with Gasteiger partial charge in [-0.1, -0.05) is 19.9 Å². The van der Waals surface area contributed by atoms with E-state index in [1.165, 1.54) is 19.2 Å². The Morgan fingerprint density at radius 3 is 2.69 bits per heavy atom. The molecular formula is C26H28N2O7S. The maximum atomic E-state index is 13.6. The van der Waals surface area contributed by atoms with Crippen molar-refractivity contribution in [3.63, 3.8) is 0 Å². The van der Waals surface area contributed by atoms with Crippen LogP contribution in [0.3, 0.4) is 0 Å². The van der Waals surface area contributed by atoms with Gasteiger partial charge in [0.2, 0.25) is 5.75 Å². The second-order valence-corrected chi connectivity index (χ2v) is 10.4. The van der Waals surface area contributed by atoms with Crippen LogP contribution < -0.4 is 10.1 Å². The van der Waals surface area contributed by atoms with Gasteiger partial charge in [0.05, 0.1) is 24.2 Å². The zero-order chi connectivity index (χ0) is 26.1. The molecule has 1 aromatic heterocycles. The molecule has 0 spiro atoms. The number of carbonyl (C=O) groups excluding carboxylic acids is 2. The molecular weight excluding hydrogens is 484 g/mol. The number of Topliss-reactive ketones (excluding diaryl/α,β-unsaturated/α-hetero) is 1. The van der Waals surface area contributed by atoms with E-state index in [1.54, 1.807) is 18.3 Å². The van der Waals surface area contributed by atoms with Crippen LogP contribution in [0.15, 0.2) is 52.2 Å². The van der Waals surface area contributed by atoms with Gasteiger partial charge in [-0.15, -0.1) is 11.3 Å². The van der Waals surface area contributed by atoms with Crippen LogP contribution in [0.1, 0.15) is 55.9 Å². The first-order valence-corrected chi connectivity index (χ1v) is 12.5. The number of thiophene rings is 1. The highest BCUT2D eigenvalue weighted by Crippen LogP contribution is 2.49. The standard InChI is InChI=1S/C26H28N2O7S/c1-13(2)12-35-26(31)22-14(3)27-17-8-15(21-6-5-7-36-21)10-19(29)24(17)23(22)16-9-18(28(32)33)25(30)20(11-16)34-4/h5-7,9,11,13,15,23,27,30H,8,10,12H2,1-4H3/t15-,23+/m1/s1. The number of phenols is 1. The quantitative estimate of drug-likeness (QED) is 0.304. The Kier molecular flexibility index (Phi) is 7.16. The summed E-state index contributed by atoms with van der Waals surface area (Å²) in [5.41, 5.74) is 1.51. The van der Waals surface area contributed by atoms with Crippen molar-refractivity contribution >= 4 is 28.8 Å². The predicted octanol–water partition coefficient (Wildman–Crippen LogP) is 4.93. The first-order valence-electron chi connectivity index (χ1n) is 11.6. The first-order chi connectivity index (χ1) is 17.1. The summed E-state index contributed by atoms with van der Waals surface area (Å²) in [6, 6.07) is 6.58. The van der Waals surface area contributed by atoms with E-state index < -0.39 is 28.2 Å². The average molecular weight is 513 g/mol. The monoisotopic (exact) mass is 512 g/mol. The number of ether oxygens (including phenoxy) is 2. The van der Waals surface area contributed by atoms with E-state index in [-0.39, 0.29) is 42.0 Å². The van der Waals surface area contributed by atoms with Crippen molar-refractivity contribution in [3.8, 4) is 11.5 Å². The maximum Gasteiger partial charge on any atom is 0.336 e. The van der Waals surface area contributed by atoms with Crippen LogP contribution in [0, 0.1) is 16.0 Å². The highest BCUT2D eigenvalue weighted by molar-refractivity contribution is 7.10. The molecule has 0 radical (unpaired) electrons. The maximum absolute atomic E-state index is 13.6. The number of nitrogens with zero attached hydrogens (tertiary/aromatic N) is 1. The van der Waals surface area contributed by atoms with Gasteiger partial charge in [-0.3, -0.25) is 14.9 Å². The lowest BCUT2D eigenvalue weighted by molar-refractivity contribution is -0.386. The summed E-state index contributed by atoms with van der Waals surface area (Å²) in [5, 5.41) is 27.3. The largest absolute Gasteiger partial charge is 0.500 e. The molecule has 36 heavy (non-hydrogen) atoms. The van der Waals surface area contributed by atoms with Crippen molar-refractivity contribution in [1.29, 1.82) is 0 Å². The molecule has 190 valence electrons. The van der Waals surface area contributed by atoms with Crippen molar-refractivity contribution in [2.24, 2.45) is 5.92 Å². The number of esters is 1. The second kappa shape index (κ2) is 10.1. The summed E-state index contributed by atoms with van der Waals surface area (Å²) >= 11 is 1.59. The number of methoxy groups -OCH3 is 1. The summed E-state index contributed by atoms with van der Waals surface area (Å²) < 4.78 is 10.7. The minimum atomic E-state index is -0.911. The lowest BCUT2D eigenvalue weighted by Crippen LogP contribution is -2.36. The SMILES string of the molecule is COc1cc([C@H]2C(C(=O)OCC(C)C)=C(C)NC3=C2C(=O)C[C@H](c2cccs2)C3)cc([N+](=O)[O-])c1O. The molecule has 0 amide bonds. The molecule has 0 saturated heterocycles. The summed E-state index contributed by atoms with van der Waals surface area (Å²) in [4.78, 5) is 39.0. The third-order valence-electron chi connectivity index (χ3n) is 6.37. The van der Waals surface area contributed by atoms with Gasteiger partial charge in [-0.25, -0.2) is 4.79 Å². The first kappa shape index (κ1) is 25.4. The number of phenolic OH excluding ortho intramolecular Hbond substituents is 1. The molecule has 0 bridgehead atoms. The number of nitro benzene ring substituents is 1. The number of carbonyl (C=O) groups is 2. The molecule has 0 unspecified atom stereocenters. The lowest BCUT2D eigenvalue weighted by atomic mass is 9.72. The summed E-state index contributed by atoms with van der Waals surface area (Å²) in [6.45, 7) is 5.74. The van der Waals surface area contributed by atoms with Crippen molar-refractivity contribution in [2.75, 3.05) is 13.7 Å². The van der Waals surface area contributed by atoms with E-state index in [0.717, 1.165) is 4.88 Å². The molecule has 4 rings (SSSR count). The van der Waals surface area contributed by atoms with Crippen LogP contribution in [0.4, 0.5) is 5.69 Å². The molecule has 9 nitrogen and oxygen atoms in total. The van der Waals surface area contributed by atoms with Gasteiger partial charge in [-0.05, 0) is 42.3 Å². The van der Waals surface area contributed by atoms with E-state index in [4.69, 9.17) is 9.47 Å². The molecule has 1 aromatic carbocycles. The third-order valence-corrected chi connectivity index (χ3v) is 7.40. The normalized spacial score (nSPS) is 19.8. The Hall–Kier alpha value is -3.66. The van der Waals surface area contributed by atoms with Crippen molar-refractivity contribution in [3.05, 3.63) is 72.7 Å². The fourth-order valence-corrected chi connectivity index (χ4v) is 5.59. The Labute approximate surface area is 212 Å². The highest BCUT2D eigenvalue weighted by Gasteiger charge is 2.42. The van der Waals surface area contributed by atoms with Crippen molar-refractivity contribution in [2.45, 2.75) is 45.4 Å². The van der Waals surface area contributed by atoms with E-state index in [2.05, 4.69) is 5.32 Å². The van der Waals surface area contributed by atoms with Gasteiger partial charge >= 0.3 is 11.7 Å². The summed E-state index contributed by atoms with van der Waals surface area (Å²) in [5.74, 6) is -2.31. The molecule has 2 N–H and O–H groups in total. The average Bonchev–Trinajstić information content (AvgIpc) is 3.36. The van der Waals surface area contributed by atoms with Gasteiger partial charge in [0, 0.05) is 46.2 Å². The number of dihydropyridines is 1. The third kappa shape index (κ3) is 4.73. The van der Waals surface area contributed by atoms with E-state index in [9.17, 15) is 24.8 Å². The second-order valence-electron chi connectivity index (χ2n) is 9.37. The van der Waals surface area contributed by atoms with Crippen LogP contribution in [-0.2, 0) is 14.3 Å². The Balaban J connectivity index is 1.88. The van der Waals surface area contributed by atoms with Crippen LogP contribution in [0.25, 0.3) is 0 Å². The number of aromatic hydroxyl groups is 1. The van der Waals surface area contributed by atoms with Crippen molar-refractivity contribution in [1.82, 2.24) is 5.32 Å². The lowest BCUT2D eigenvalue weighted by Gasteiger charge is -2.36. The van der Waals surface area contributed by atoms with Crippen LogP contribution in [-0.4, -0.2) is 35.5 Å². The zero-order valence-electron chi connectivity index (χ0n) is 20.5. The predicted molar refractivity (Wildman–Crippen MR) is 134 cm³/mol. The molecule has 1 aliphatic carbocycles. The molecule has 1 aliphatic heterocycles. The van der Waals surface area contributed by atoms with Gasteiger partial charge in [0.1, 0.15) is 0 Å². The zero-order valence-corrected chi connectivity index (χ0v) is 21.3. The topological polar surface area (TPSA) is 128 Å². The van der Waals surface area contributed by atoms with Crippen molar-refractivity contribution < 1.29 is 29.1 Å². The summed E-state index contributed by atoms with van der Waals surface area (Å²) in [6.07, 6.45) is 0.809. The minimum Gasteiger partial charge on any atom is -0.500 e. The number of hydrogen-bond donors (Lipinski definition) is 2. The molecule has 0 saturated carbocycles. The van der Waals surface area contributed by atoms with Gasteiger partial charge in [0.25, 0.3) is 0 Å². The number of ketones is 1. The van der Waals surface area contributed by atoms with Crippen LogP contribution in [0.2, 0.25) is 0 Å². The van der Waals surface area contributed by atoms with E-state index in [0.29, 0.717) is 29.0 Å². The smallest absolute Gasteiger partial charge is 0.336 e. The Bertz CT molecular complexity index is 1280. The number of nitro groups is 1. The number of hydrogen-bond acceptors (Lipinski definition) is 9. The van der Waals surface area contributed by atoms with Gasteiger partial charge in [0.15, 0.2) is 11.5 Å². The van der Waals surface area contributed by atoms with Crippen LogP contribution in [0.5, 0.6) is 11.5 Å². The van der Waals surface area contributed by atoms with Gasteiger partial charge in [-0.2, -0.15) is 0 Å². The fourth-order valence-electron chi connectivity index (χ4n) is 4.76. The molecule has 0 fully saturated rings. The minimum absolute atomic E-state index is 0.00432. The molecule has 10 heteroatoms. The highest BCUT2D eigenvalue weighted by atomic mass is 32.1. The number of nitrogens with one attached hydrogen (secondary N) is 1. The number of benzene rings is 1. The summed E-state index contributed by atoms with van der Waals surface area (Å²) in [7, 11) is 1.28. The van der Waals surface area contributed by atoms with E-state index >= 15 is 0 Å². The number of rotatable bonds is 7. The Morgan fingerprint density at radius 1 is 1.33 bits per heavy atom. The van der Waals surface area contributed by atoms with E-state index in [1.807, 2.05) is 31.4 Å².